The zero-order valence-electron chi connectivity index (χ0n) is 16.9. The molecule has 1 saturated heterocycles. The molecule has 31 heavy (non-hydrogen) atoms. The van der Waals surface area contributed by atoms with Gasteiger partial charge in [0, 0.05) is 32.8 Å². The molecule has 2 aromatic carbocycles. The topological polar surface area (TPSA) is 91.7 Å². The normalized spacial score (nSPS) is 21.6. The standard InChI is InChI=1S/C19H20ClN3O5S2.BrH/c1-22(2)30(25,26)17-8-12(4-6-14(17)20)19(24)10-29-18(23(19)3)21-13-5-7-15-16(9-13)28-11-27-15;/h4-9,24H,10-11H2,1-3H3;1H. The second-order valence-corrected chi connectivity index (χ2v) is 10.5. The van der Waals surface area contributed by atoms with Crippen LogP contribution in [-0.4, -0.2) is 61.6 Å². The summed E-state index contributed by atoms with van der Waals surface area (Å²) in [6, 6.07) is 9.87. The highest BCUT2D eigenvalue weighted by Gasteiger charge is 2.43. The molecule has 12 heteroatoms. The number of fused-ring (bicyclic) bond motifs is 1. The van der Waals surface area contributed by atoms with Crippen molar-refractivity contribution in [2.75, 3.05) is 33.7 Å². The summed E-state index contributed by atoms with van der Waals surface area (Å²) >= 11 is 7.51. The number of nitrogens with zero attached hydrogens (tertiary/aromatic N) is 3. The van der Waals surface area contributed by atoms with Crippen molar-refractivity contribution >= 4 is 61.2 Å². The lowest BCUT2D eigenvalue weighted by atomic mass is 10.0. The first-order valence-electron chi connectivity index (χ1n) is 8.93. The molecule has 2 aromatic rings. The van der Waals surface area contributed by atoms with Crippen LogP contribution in [-0.2, 0) is 15.7 Å². The third kappa shape index (κ3) is 4.27. The molecular formula is C19H21BrClN3O5S2. The lowest BCUT2D eigenvalue weighted by molar-refractivity contribution is -0.0349. The van der Waals surface area contributed by atoms with Crippen LogP contribution in [0.3, 0.4) is 0 Å². The maximum absolute atomic E-state index is 12.6. The Kier molecular flexibility index (Phi) is 6.85. The first kappa shape index (κ1) is 24.1. The largest absolute Gasteiger partial charge is 0.454 e. The van der Waals surface area contributed by atoms with E-state index in [4.69, 9.17) is 21.1 Å². The highest BCUT2D eigenvalue weighted by molar-refractivity contribution is 8.93. The molecule has 0 saturated carbocycles. The number of ether oxygens (including phenoxy) is 2. The van der Waals surface area contributed by atoms with Gasteiger partial charge in [-0.05, 0) is 24.3 Å². The van der Waals surface area contributed by atoms with E-state index in [9.17, 15) is 13.5 Å². The second-order valence-electron chi connectivity index (χ2n) is 7.03. The van der Waals surface area contributed by atoms with Gasteiger partial charge in [0.1, 0.15) is 4.90 Å². The van der Waals surface area contributed by atoms with E-state index in [1.807, 2.05) is 0 Å². The molecular weight excluding hydrogens is 530 g/mol. The highest BCUT2D eigenvalue weighted by atomic mass is 79.9. The first-order chi connectivity index (χ1) is 14.1. The van der Waals surface area contributed by atoms with E-state index in [1.54, 1.807) is 36.2 Å². The van der Waals surface area contributed by atoms with E-state index < -0.39 is 15.7 Å². The molecule has 8 nitrogen and oxygen atoms in total. The lowest BCUT2D eigenvalue weighted by Crippen LogP contribution is -2.42. The van der Waals surface area contributed by atoms with Gasteiger partial charge in [-0.25, -0.2) is 17.7 Å². The Labute approximate surface area is 200 Å². The van der Waals surface area contributed by atoms with Gasteiger partial charge in [0.05, 0.1) is 16.5 Å². The van der Waals surface area contributed by atoms with Gasteiger partial charge in [0.25, 0.3) is 0 Å². The van der Waals surface area contributed by atoms with Crippen molar-refractivity contribution < 1.29 is 23.0 Å². The number of amidine groups is 1. The van der Waals surface area contributed by atoms with E-state index >= 15 is 0 Å². The van der Waals surface area contributed by atoms with Gasteiger partial charge < -0.3 is 19.5 Å². The van der Waals surface area contributed by atoms with Gasteiger partial charge in [0.15, 0.2) is 22.4 Å². The third-order valence-electron chi connectivity index (χ3n) is 4.98. The van der Waals surface area contributed by atoms with Crippen molar-refractivity contribution in [3.05, 3.63) is 47.0 Å². The zero-order valence-corrected chi connectivity index (χ0v) is 21.0. The van der Waals surface area contributed by atoms with E-state index in [1.165, 1.54) is 38.0 Å². The van der Waals surface area contributed by atoms with E-state index in [0.717, 1.165) is 4.31 Å². The average molecular weight is 551 g/mol. The molecule has 4 rings (SSSR count). The van der Waals surface area contributed by atoms with Crippen LogP contribution < -0.4 is 9.47 Å². The number of hydrogen-bond acceptors (Lipinski definition) is 7. The number of sulfonamides is 1. The summed E-state index contributed by atoms with van der Waals surface area (Å²) in [5.74, 6) is 1.56. The summed E-state index contributed by atoms with van der Waals surface area (Å²) in [6.07, 6.45) is 0. The molecule has 0 aliphatic carbocycles. The minimum atomic E-state index is -3.76. The average Bonchev–Trinajstić information content (AvgIpc) is 3.28. The number of aliphatic hydroxyl groups is 1. The fraction of sp³-hybridized carbons (Fsp3) is 0.316. The quantitative estimate of drug-likeness (QED) is 0.624. The SMILES string of the molecule is Br.CN1C(=Nc2ccc3c(c2)OCO3)SCC1(O)c1ccc(Cl)c(S(=O)(=O)N(C)C)c1. The minimum absolute atomic E-state index is 0. The summed E-state index contributed by atoms with van der Waals surface area (Å²) < 4.78 is 37.0. The Balaban J connectivity index is 0.00000272. The van der Waals surface area contributed by atoms with Crippen LogP contribution in [0, 0.1) is 0 Å². The highest BCUT2D eigenvalue weighted by Crippen LogP contribution is 2.41. The summed E-state index contributed by atoms with van der Waals surface area (Å²) in [7, 11) is 0.809. The monoisotopic (exact) mass is 549 g/mol. The molecule has 0 amide bonds. The number of aliphatic imine (C=N–C) groups is 1. The smallest absolute Gasteiger partial charge is 0.244 e. The summed E-state index contributed by atoms with van der Waals surface area (Å²) in [4.78, 5) is 6.18. The number of halogens is 2. The summed E-state index contributed by atoms with van der Waals surface area (Å²) in [6.45, 7) is 0.179. The Morgan fingerprint density at radius 3 is 2.61 bits per heavy atom. The van der Waals surface area contributed by atoms with Gasteiger partial charge in [0.2, 0.25) is 16.8 Å². The summed E-state index contributed by atoms with van der Waals surface area (Å²) in [5.41, 5.74) is -0.371. The van der Waals surface area contributed by atoms with Gasteiger partial charge in [-0.2, -0.15) is 0 Å². The Hall–Kier alpha value is -1.50. The number of benzene rings is 2. The molecule has 0 spiro atoms. The zero-order chi connectivity index (χ0) is 21.7. The molecule has 2 heterocycles. The molecule has 1 fully saturated rings. The van der Waals surface area contributed by atoms with Crippen molar-refractivity contribution in [2.24, 2.45) is 4.99 Å². The van der Waals surface area contributed by atoms with Crippen molar-refractivity contribution in [1.82, 2.24) is 9.21 Å². The Morgan fingerprint density at radius 1 is 1.19 bits per heavy atom. The predicted molar refractivity (Wildman–Crippen MR) is 126 cm³/mol. The summed E-state index contributed by atoms with van der Waals surface area (Å²) in [5, 5.41) is 12.1. The third-order valence-corrected chi connectivity index (χ3v) is 8.44. The predicted octanol–water partition coefficient (Wildman–Crippen LogP) is 3.41. The van der Waals surface area contributed by atoms with Gasteiger partial charge in [-0.1, -0.05) is 29.4 Å². The van der Waals surface area contributed by atoms with Crippen LogP contribution in [0.5, 0.6) is 11.5 Å². The minimum Gasteiger partial charge on any atom is -0.454 e. The van der Waals surface area contributed by atoms with Crippen LogP contribution in [0.4, 0.5) is 5.69 Å². The number of thioether (sulfide) groups is 1. The molecule has 2 aliphatic heterocycles. The van der Waals surface area contributed by atoms with Gasteiger partial charge >= 0.3 is 0 Å². The fourth-order valence-corrected chi connectivity index (χ4v) is 5.71. The van der Waals surface area contributed by atoms with Crippen molar-refractivity contribution in [1.29, 1.82) is 0 Å². The maximum atomic E-state index is 12.6. The van der Waals surface area contributed by atoms with Crippen molar-refractivity contribution in [3.63, 3.8) is 0 Å². The van der Waals surface area contributed by atoms with Crippen LogP contribution >= 0.6 is 40.3 Å². The molecule has 1 N–H and O–H groups in total. The molecule has 0 radical (unpaired) electrons. The van der Waals surface area contributed by atoms with Gasteiger partial charge in [-0.15, -0.1) is 17.0 Å². The van der Waals surface area contributed by atoms with E-state index in [0.29, 0.717) is 27.9 Å². The van der Waals surface area contributed by atoms with E-state index in [-0.39, 0.29) is 39.4 Å². The molecule has 0 aromatic heterocycles. The van der Waals surface area contributed by atoms with Crippen molar-refractivity contribution in [3.8, 4) is 11.5 Å². The Morgan fingerprint density at radius 2 is 1.90 bits per heavy atom. The van der Waals surface area contributed by atoms with Crippen LogP contribution in [0.25, 0.3) is 0 Å². The van der Waals surface area contributed by atoms with Crippen LogP contribution in [0.15, 0.2) is 46.3 Å². The van der Waals surface area contributed by atoms with Crippen LogP contribution in [0.2, 0.25) is 5.02 Å². The Bertz CT molecular complexity index is 1150. The first-order valence-corrected chi connectivity index (χ1v) is 11.7. The molecule has 2 aliphatic rings. The lowest BCUT2D eigenvalue weighted by Gasteiger charge is -2.31. The fourth-order valence-electron chi connectivity index (χ4n) is 3.11. The van der Waals surface area contributed by atoms with Crippen LogP contribution in [0.1, 0.15) is 5.56 Å². The van der Waals surface area contributed by atoms with Gasteiger partial charge in [-0.3, -0.25) is 0 Å². The maximum Gasteiger partial charge on any atom is 0.244 e. The van der Waals surface area contributed by atoms with E-state index in [2.05, 4.69) is 4.99 Å². The molecule has 0 bridgehead atoms. The molecule has 1 atom stereocenters. The molecule has 1 unspecified atom stereocenters. The molecule has 168 valence electrons. The number of hydrogen-bond donors (Lipinski definition) is 1. The van der Waals surface area contributed by atoms with Crippen molar-refractivity contribution in [2.45, 2.75) is 10.6 Å². The second kappa shape index (κ2) is 8.80. The number of rotatable bonds is 4.